The molecule has 6 heteroatoms. The van der Waals surface area contributed by atoms with Gasteiger partial charge in [0.1, 0.15) is 6.04 Å². The third-order valence-corrected chi connectivity index (χ3v) is 2.99. The fraction of sp³-hybridized carbons (Fsp3) is 0.538. The van der Waals surface area contributed by atoms with Gasteiger partial charge in [0.15, 0.2) is 17.9 Å². The number of anilines is 1. The van der Waals surface area contributed by atoms with E-state index in [4.69, 9.17) is 9.15 Å². The quantitative estimate of drug-likeness (QED) is 0.799. The number of rotatable bonds is 5. The summed E-state index contributed by atoms with van der Waals surface area (Å²) in [5.41, 5.74) is 0. The van der Waals surface area contributed by atoms with Crippen LogP contribution < -0.4 is 10.2 Å². The summed E-state index contributed by atoms with van der Waals surface area (Å²) >= 11 is 0. The summed E-state index contributed by atoms with van der Waals surface area (Å²) in [5.74, 6) is 0.710. The van der Waals surface area contributed by atoms with Crippen LogP contribution in [-0.4, -0.2) is 44.5 Å². The Morgan fingerprint density at radius 3 is 3.11 bits per heavy atom. The van der Waals surface area contributed by atoms with Gasteiger partial charge in [0, 0.05) is 19.2 Å². The maximum Gasteiger partial charge on any atom is 0.245 e. The lowest BCUT2D eigenvalue weighted by Crippen LogP contribution is -2.54. The minimum absolute atomic E-state index is 0.0781. The summed E-state index contributed by atoms with van der Waals surface area (Å²) in [5, 5.41) is 2.85. The zero-order chi connectivity index (χ0) is 13.7. The Hall–Kier alpha value is -1.82. The van der Waals surface area contributed by atoms with E-state index in [9.17, 15) is 9.59 Å². The first-order chi connectivity index (χ1) is 9.26. The van der Waals surface area contributed by atoms with E-state index in [0.717, 1.165) is 6.42 Å². The molecular weight excluding hydrogens is 248 g/mol. The summed E-state index contributed by atoms with van der Waals surface area (Å²) in [6.45, 7) is 4.07. The van der Waals surface area contributed by atoms with Crippen molar-refractivity contribution in [1.82, 2.24) is 5.32 Å². The van der Waals surface area contributed by atoms with Gasteiger partial charge < -0.3 is 19.4 Å². The van der Waals surface area contributed by atoms with Crippen LogP contribution in [0.3, 0.4) is 0 Å². The third kappa shape index (κ3) is 3.14. The number of aldehydes is 1. The number of amides is 1. The Labute approximate surface area is 111 Å². The number of hydrogen-bond donors (Lipinski definition) is 1. The Balaban J connectivity index is 2.10. The van der Waals surface area contributed by atoms with Gasteiger partial charge in [0.05, 0.1) is 13.2 Å². The van der Waals surface area contributed by atoms with Crippen molar-refractivity contribution < 1.29 is 18.7 Å². The summed E-state index contributed by atoms with van der Waals surface area (Å²) in [6.07, 6.45) is 1.53. The first kappa shape index (κ1) is 13.6. The van der Waals surface area contributed by atoms with Crippen LogP contribution in [-0.2, 0) is 9.53 Å². The second kappa shape index (κ2) is 6.38. The predicted molar refractivity (Wildman–Crippen MR) is 69.3 cm³/mol. The highest BCUT2D eigenvalue weighted by Gasteiger charge is 2.31. The monoisotopic (exact) mass is 266 g/mol. The zero-order valence-corrected chi connectivity index (χ0v) is 10.9. The maximum atomic E-state index is 12.1. The first-order valence-electron chi connectivity index (χ1n) is 6.43. The lowest BCUT2D eigenvalue weighted by molar-refractivity contribution is -0.124. The molecule has 1 saturated heterocycles. The summed E-state index contributed by atoms with van der Waals surface area (Å²) in [6, 6.07) is 2.89. The van der Waals surface area contributed by atoms with E-state index in [1.807, 2.05) is 11.8 Å². The normalized spacial score (nSPS) is 19.2. The molecule has 1 aromatic rings. The highest BCUT2D eigenvalue weighted by atomic mass is 16.5. The van der Waals surface area contributed by atoms with Gasteiger partial charge in [0.25, 0.3) is 0 Å². The van der Waals surface area contributed by atoms with Crippen LogP contribution in [0.5, 0.6) is 0 Å². The lowest BCUT2D eigenvalue weighted by atomic mass is 10.2. The van der Waals surface area contributed by atoms with Crippen molar-refractivity contribution in [1.29, 1.82) is 0 Å². The summed E-state index contributed by atoms with van der Waals surface area (Å²) in [7, 11) is 0. The van der Waals surface area contributed by atoms with E-state index in [2.05, 4.69) is 5.32 Å². The number of hydrogen-bond acceptors (Lipinski definition) is 5. The molecule has 19 heavy (non-hydrogen) atoms. The van der Waals surface area contributed by atoms with E-state index in [0.29, 0.717) is 38.5 Å². The standard InChI is InChI=1S/C13H18N2O4/c1-2-5-14-13(17)11-9-18-7-6-15(11)12-4-3-10(8-16)19-12/h3-4,8,11H,2,5-7,9H2,1H3,(H,14,17). The van der Waals surface area contributed by atoms with E-state index in [-0.39, 0.29) is 11.7 Å². The predicted octanol–water partition coefficient (Wildman–Crippen LogP) is 0.823. The van der Waals surface area contributed by atoms with Gasteiger partial charge in [-0.25, -0.2) is 0 Å². The molecular formula is C13H18N2O4. The van der Waals surface area contributed by atoms with Crippen LogP contribution >= 0.6 is 0 Å². The van der Waals surface area contributed by atoms with Gasteiger partial charge >= 0.3 is 0 Å². The van der Waals surface area contributed by atoms with Crippen molar-refractivity contribution in [2.24, 2.45) is 0 Å². The topological polar surface area (TPSA) is 71.8 Å². The molecule has 1 N–H and O–H groups in total. The first-order valence-corrected chi connectivity index (χ1v) is 6.43. The van der Waals surface area contributed by atoms with Crippen LogP contribution in [0, 0.1) is 0 Å². The molecule has 1 atom stereocenters. The highest BCUT2D eigenvalue weighted by molar-refractivity contribution is 5.85. The van der Waals surface area contributed by atoms with Crippen molar-refractivity contribution in [2.45, 2.75) is 19.4 Å². The Bertz CT molecular complexity index is 444. The number of nitrogens with zero attached hydrogens (tertiary/aromatic N) is 1. The number of ether oxygens (including phenoxy) is 1. The van der Waals surface area contributed by atoms with Crippen molar-refractivity contribution in [3.05, 3.63) is 17.9 Å². The maximum absolute atomic E-state index is 12.1. The van der Waals surface area contributed by atoms with Crippen LogP contribution in [0.1, 0.15) is 23.9 Å². The van der Waals surface area contributed by atoms with Gasteiger partial charge in [-0.3, -0.25) is 9.59 Å². The number of nitrogens with one attached hydrogen (secondary N) is 1. The van der Waals surface area contributed by atoms with Gasteiger partial charge in [-0.15, -0.1) is 0 Å². The highest BCUT2D eigenvalue weighted by Crippen LogP contribution is 2.22. The smallest absolute Gasteiger partial charge is 0.245 e. The molecule has 1 unspecified atom stereocenters. The molecule has 2 heterocycles. The van der Waals surface area contributed by atoms with Crippen LogP contribution in [0.2, 0.25) is 0 Å². The van der Waals surface area contributed by atoms with Crippen LogP contribution in [0.25, 0.3) is 0 Å². The van der Waals surface area contributed by atoms with E-state index < -0.39 is 6.04 Å². The fourth-order valence-corrected chi connectivity index (χ4v) is 2.01. The number of carbonyl (C=O) groups excluding carboxylic acids is 2. The van der Waals surface area contributed by atoms with E-state index in [1.54, 1.807) is 12.1 Å². The number of morpholine rings is 1. The third-order valence-electron chi connectivity index (χ3n) is 2.99. The average Bonchev–Trinajstić information content (AvgIpc) is 2.93. The second-order valence-electron chi connectivity index (χ2n) is 4.37. The summed E-state index contributed by atoms with van der Waals surface area (Å²) < 4.78 is 10.7. The van der Waals surface area contributed by atoms with Crippen molar-refractivity contribution in [2.75, 3.05) is 31.2 Å². The zero-order valence-electron chi connectivity index (χ0n) is 10.9. The largest absolute Gasteiger partial charge is 0.438 e. The Morgan fingerprint density at radius 2 is 2.42 bits per heavy atom. The summed E-state index contributed by atoms with van der Waals surface area (Å²) in [4.78, 5) is 24.6. The molecule has 1 aliphatic heterocycles. The van der Waals surface area contributed by atoms with Crippen molar-refractivity contribution >= 4 is 18.1 Å². The lowest BCUT2D eigenvalue weighted by Gasteiger charge is -2.34. The Morgan fingerprint density at radius 1 is 1.58 bits per heavy atom. The molecule has 2 rings (SSSR count). The SMILES string of the molecule is CCCNC(=O)C1COCCN1c1ccc(C=O)o1. The molecule has 0 bridgehead atoms. The molecule has 1 aliphatic rings. The Kier molecular flexibility index (Phi) is 4.57. The molecule has 1 amide bonds. The van der Waals surface area contributed by atoms with Crippen LogP contribution in [0.15, 0.2) is 16.5 Å². The second-order valence-corrected chi connectivity index (χ2v) is 4.37. The van der Waals surface area contributed by atoms with Gasteiger partial charge in [-0.1, -0.05) is 6.92 Å². The minimum Gasteiger partial charge on any atom is -0.438 e. The number of furan rings is 1. The van der Waals surface area contributed by atoms with E-state index >= 15 is 0 Å². The van der Waals surface area contributed by atoms with Crippen molar-refractivity contribution in [3.63, 3.8) is 0 Å². The van der Waals surface area contributed by atoms with Crippen LogP contribution in [0.4, 0.5) is 5.88 Å². The fourth-order valence-electron chi connectivity index (χ4n) is 2.01. The minimum atomic E-state index is -0.411. The van der Waals surface area contributed by atoms with E-state index in [1.165, 1.54) is 0 Å². The molecule has 0 radical (unpaired) electrons. The molecule has 0 spiro atoms. The molecule has 0 aliphatic carbocycles. The van der Waals surface area contributed by atoms with Gasteiger partial charge in [-0.2, -0.15) is 0 Å². The van der Waals surface area contributed by atoms with Crippen molar-refractivity contribution in [3.8, 4) is 0 Å². The molecule has 1 aromatic heterocycles. The molecule has 0 saturated carbocycles. The number of carbonyl (C=O) groups is 2. The van der Waals surface area contributed by atoms with Gasteiger partial charge in [0.2, 0.25) is 5.91 Å². The molecule has 1 fully saturated rings. The molecule has 0 aromatic carbocycles. The molecule has 104 valence electrons. The average molecular weight is 266 g/mol. The molecule has 6 nitrogen and oxygen atoms in total. The van der Waals surface area contributed by atoms with Gasteiger partial charge in [-0.05, 0) is 12.5 Å².